The van der Waals surface area contributed by atoms with Crippen molar-refractivity contribution < 1.29 is 9.21 Å². The lowest BCUT2D eigenvalue weighted by Gasteiger charge is -2.14. The normalized spacial score (nSPS) is 11.3. The van der Waals surface area contributed by atoms with E-state index in [-0.39, 0.29) is 5.91 Å². The molecule has 1 aromatic carbocycles. The molecule has 0 saturated carbocycles. The van der Waals surface area contributed by atoms with Gasteiger partial charge in [-0.1, -0.05) is 26.0 Å². The minimum atomic E-state index is -0.406. The summed E-state index contributed by atoms with van der Waals surface area (Å²) in [5, 5.41) is 12.7. The van der Waals surface area contributed by atoms with Gasteiger partial charge in [-0.25, -0.2) is 4.98 Å². The number of nitrogens with one attached hydrogen (secondary N) is 1. The lowest BCUT2D eigenvalue weighted by atomic mass is 10.1. The molecule has 3 rings (SSSR count). The number of nitrogen functional groups attached to an aromatic ring is 1. The lowest BCUT2D eigenvalue weighted by Crippen LogP contribution is -2.28. The van der Waals surface area contributed by atoms with E-state index in [9.17, 15) is 4.79 Å². The summed E-state index contributed by atoms with van der Waals surface area (Å²) in [7, 11) is 0. The van der Waals surface area contributed by atoms with Crippen molar-refractivity contribution in [3.8, 4) is 11.6 Å². The number of aromatic nitrogens is 3. The maximum atomic E-state index is 11.5. The zero-order valence-corrected chi connectivity index (χ0v) is 15.2. The molecular weight excluding hydrogens is 338 g/mol. The smallest absolute Gasteiger partial charge is 0.267 e. The standard InChI is InChI=1S/C15H15N5O2S.C2H6/c1-9(21)18-12(6-10-2-4-11(16)5-3-10)14-19-20-15(22-14)13-7-23-8-17-13;1-2/h2-5,7-8,12H,6,16H2,1H3,(H,18,21);1-2H3. The summed E-state index contributed by atoms with van der Waals surface area (Å²) in [4.78, 5) is 15.6. The van der Waals surface area contributed by atoms with Gasteiger partial charge in [0.15, 0.2) is 0 Å². The van der Waals surface area contributed by atoms with Gasteiger partial charge >= 0.3 is 0 Å². The first-order valence-electron chi connectivity index (χ1n) is 7.95. The second-order valence-corrected chi connectivity index (χ2v) is 5.74. The molecule has 0 aliphatic heterocycles. The predicted molar refractivity (Wildman–Crippen MR) is 97.9 cm³/mol. The average molecular weight is 359 g/mol. The molecule has 0 aliphatic rings. The summed E-state index contributed by atoms with van der Waals surface area (Å²) < 4.78 is 5.67. The van der Waals surface area contributed by atoms with Gasteiger partial charge < -0.3 is 15.5 Å². The summed E-state index contributed by atoms with van der Waals surface area (Å²) in [6.07, 6.45) is 0.526. The maximum Gasteiger partial charge on any atom is 0.267 e. The highest BCUT2D eigenvalue weighted by molar-refractivity contribution is 7.07. The molecule has 2 heterocycles. The number of amides is 1. The summed E-state index contributed by atoms with van der Waals surface area (Å²) in [5.41, 5.74) is 9.71. The number of nitrogens with zero attached hydrogens (tertiary/aromatic N) is 3. The van der Waals surface area contributed by atoms with E-state index in [4.69, 9.17) is 10.2 Å². The highest BCUT2D eigenvalue weighted by atomic mass is 32.1. The molecule has 0 spiro atoms. The van der Waals surface area contributed by atoms with Crippen LogP contribution in [-0.4, -0.2) is 21.1 Å². The van der Waals surface area contributed by atoms with E-state index in [1.165, 1.54) is 18.3 Å². The molecule has 1 amide bonds. The van der Waals surface area contributed by atoms with Crippen molar-refractivity contribution in [3.05, 3.63) is 46.6 Å². The maximum absolute atomic E-state index is 11.5. The highest BCUT2D eigenvalue weighted by Gasteiger charge is 2.21. The topological polar surface area (TPSA) is 107 Å². The molecule has 0 radical (unpaired) electrons. The van der Waals surface area contributed by atoms with E-state index >= 15 is 0 Å². The van der Waals surface area contributed by atoms with Gasteiger partial charge in [-0.05, 0) is 17.7 Å². The van der Waals surface area contributed by atoms with E-state index in [0.29, 0.717) is 29.6 Å². The van der Waals surface area contributed by atoms with Crippen molar-refractivity contribution in [2.75, 3.05) is 5.73 Å². The molecule has 0 fully saturated rings. The van der Waals surface area contributed by atoms with Gasteiger partial charge in [0, 0.05) is 24.4 Å². The van der Waals surface area contributed by atoms with Crippen molar-refractivity contribution in [1.82, 2.24) is 20.5 Å². The van der Waals surface area contributed by atoms with Crippen LogP contribution in [-0.2, 0) is 11.2 Å². The van der Waals surface area contributed by atoms with E-state index in [0.717, 1.165) is 5.56 Å². The Morgan fingerprint density at radius 3 is 2.60 bits per heavy atom. The first-order chi connectivity index (χ1) is 12.1. The Kier molecular flexibility index (Phi) is 6.64. The third kappa shape index (κ3) is 5.12. The third-order valence-corrected chi connectivity index (χ3v) is 3.77. The quantitative estimate of drug-likeness (QED) is 0.677. The largest absolute Gasteiger partial charge is 0.417 e. The molecule has 3 N–H and O–H groups in total. The lowest BCUT2D eigenvalue weighted by molar-refractivity contribution is -0.119. The summed E-state index contributed by atoms with van der Waals surface area (Å²) in [6, 6.07) is 7.03. The van der Waals surface area contributed by atoms with Crippen LogP contribution < -0.4 is 11.1 Å². The molecule has 2 aromatic heterocycles. The number of carbonyl (C=O) groups is 1. The predicted octanol–water partition coefficient (Wildman–Crippen LogP) is 3.22. The number of hydrogen-bond acceptors (Lipinski definition) is 7. The molecule has 8 heteroatoms. The summed E-state index contributed by atoms with van der Waals surface area (Å²) in [5.74, 6) is 0.521. The zero-order valence-electron chi connectivity index (χ0n) is 14.4. The number of anilines is 1. The van der Waals surface area contributed by atoms with Crippen molar-refractivity contribution in [3.63, 3.8) is 0 Å². The molecule has 3 aromatic rings. The fourth-order valence-corrected chi connectivity index (χ4v) is 2.66. The highest BCUT2D eigenvalue weighted by Crippen LogP contribution is 2.23. The fourth-order valence-electron chi connectivity index (χ4n) is 2.13. The van der Waals surface area contributed by atoms with Gasteiger partial charge in [0.05, 0.1) is 5.51 Å². The van der Waals surface area contributed by atoms with Crippen molar-refractivity contribution >= 4 is 22.9 Å². The van der Waals surface area contributed by atoms with E-state index in [2.05, 4.69) is 20.5 Å². The van der Waals surface area contributed by atoms with Crippen molar-refractivity contribution in [2.24, 2.45) is 0 Å². The van der Waals surface area contributed by atoms with Crippen LogP contribution in [0, 0.1) is 0 Å². The Morgan fingerprint density at radius 2 is 2.00 bits per heavy atom. The van der Waals surface area contributed by atoms with Crippen LogP contribution >= 0.6 is 11.3 Å². The molecule has 1 atom stereocenters. The average Bonchev–Trinajstić information content (AvgIpc) is 3.29. The molecule has 7 nitrogen and oxygen atoms in total. The van der Waals surface area contributed by atoms with Crippen LogP contribution in [0.25, 0.3) is 11.6 Å². The second kappa shape index (κ2) is 8.93. The second-order valence-electron chi connectivity index (χ2n) is 5.02. The van der Waals surface area contributed by atoms with E-state index in [1.807, 2.05) is 43.5 Å². The van der Waals surface area contributed by atoms with E-state index in [1.54, 1.807) is 5.51 Å². The minimum Gasteiger partial charge on any atom is -0.417 e. The number of nitrogens with two attached hydrogens (primary N) is 1. The number of benzene rings is 1. The van der Waals surface area contributed by atoms with Crippen LogP contribution in [0.4, 0.5) is 5.69 Å². The van der Waals surface area contributed by atoms with Gasteiger partial charge in [-0.3, -0.25) is 4.79 Å². The Balaban J connectivity index is 0.00000109. The molecule has 0 bridgehead atoms. The SMILES string of the molecule is CC.CC(=O)NC(Cc1ccc(N)cc1)c1nnc(-c2cscn2)o1. The van der Waals surface area contributed by atoms with Crippen molar-refractivity contribution in [2.45, 2.75) is 33.2 Å². The van der Waals surface area contributed by atoms with Crippen molar-refractivity contribution in [1.29, 1.82) is 0 Å². The number of hydrogen-bond donors (Lipinski definition) is 2. The Hall–Kier alpha value is -2.74. The molecule has 25 heavy (non-hydrogen) atoms. The monoisotopic (exact) mass is 359 g/mol. The summed E-state index contributed by atoms with van der Waals surface area (Å²) in [6.45, 7) is 5.45. The number of rotatable bonds is 5. The van der Waals surface area contributed by atoms with Crippen LogP contribution in [0.15, 0.2) is 39.6 Å². The first kappa shape index (κ1) is 18.6. The van der Waals surface area contributed by atoms with Crippen LogP contribution in [0.2, 0.25) is 0 Å². The van der Waals surface area contributed by atoms with E-state index < -0.39 is 6.04 Å². The van der Waals surface area contributed by atoms with Gasteiger partial charge in [-0.15, -0.1) is 21.5 Å². The molecule has 132 valence electrons. The third-order valence-electron chi connectivity index (χ3n) is 3.19. The van der Waals surface area contributed by atoms with Gasteiger partial charge in [-0.2, -0.15) is 0 Å². The van der Waals surface area contributed by atoms with Crippen LogP contribution in [0.1, 0.15) is 38.3 Å². The Morgan fingerprint density at radius 1 is 1.28 bits per heavy atom. The molecule has 0 saturated heterocycles. The fraction of sp³-hybridized carbons (Fsp3) is 0.294. The Bertz CT molecular complexity index is 784. The Labute approximate surface area is 150 Å². The zero-order chi connectivity index (χ0) is 18.2. The van der Waals surface area contributed by atoms with Crippen LogP contribution in [0.3, 0.4) is 0 Å². The van der Waals surface area contributed by atoms with Gasteiger partial charge in [0.25, 0.3) is 5.89 Å². The van der Waals surface area contributed by atoms with Gasteiger partial charge in [0.1, 0.15) is 11.7 Å². The van der Waals surface area contributed by atoms with Crippen LogP contribution in [0.5, 0.6) is 0 Å². The molecule has 0 aliphatic carbocycles. The molecular formula is C17H21N5O2S. The molecule has 1 unspecified atom stereocenters. The van der Waals surface area contributed by atoms with Gasteiger partial charge in [0.2, 0.25) is 11.8 Å². The minimum absolute atomic E-state index is 0.168. The first-order valence-corrected chi connectivity index (χ1v) is 8.89. The summed E-state index contributed by atoms with van der Waals surface area (Å²) >= 11 is 1.45. The number of thiazole rings is 1. The number of carbonyl (C=O) groups excluding carboxylic acids is 1.